The lowest BCUT2D eigenvalue weighted by Crippen LogP contribution is -2.40. The lowest BCUT2D eigenvalue weighted by molar-refractivity contribution is -0.129. The normalized spacial score (nSPS) is 34.3. The van der Waals surface area contributed by atoms with Crippen molar-refractivity contribution in [2.24, 2.45) is 17.6 Å². The van der Waals surface area contributed by atoms with E-state index in [0.29, 0.717) is 18.6 Å². The molecular formula is C13H24N2O2. The van der Waals surface area contributed by atoms with Crippen molar-refractivity contribution in [3.05, 3.63) is 0 Å². The third-order valence-corrected chi connectivity index (χ3v) is 3.92. The minimum Gasteiger partial charge on any atom is -0.381 e. The summed E-state index contributed by atoms with van der Waals surface area (Å²) in [6, 6.07) is 0.337. The van der Waals surface area contributed by atoms with Crippen LogP contribution in [-0.2, 0) is 9.53 Å². The number of carbonyl (C=O) groups is 1. The SMILES string of the molecule is NC1CCCC(CNC(=O)C2CCCOC2)C1. The molecule has 2 rings (SSSR count). The molecule has 0 radical (unpaired) electrons. The van der Waals surface area contributed by atoms with Crippen molar-refractivity contribution in [3.63, 3.8) is 0 Å². The second-order valence-electron chi connectivity index (χ2n) is 5.45. The van der Waals surface area contributed by atoms with Gasteiger partial charge in [0.1, 0.15) is 0 Å². The molecule has 1 aliphatic carbocycles. The first-order valence-electron chi connectivity index (χ1n) is 6.86. The van der Waals surface area contributed by atoms with Crippen molar-refractivity contribution in [2.75, 3.05) is 19.8 Å². The zero-order valence-corrected chi connectivity index (χ0v) is 10.5. The summed E-state index contributed by atoms with van der Waals surface area (Å²) in [6.45, 7) is 2.19. The van der Waals surface area contributed by atoms with Crippen LogP contribution in [0.25, 0.3) is 0 Å². The highest BCUT2D eigenvalue weighted by Gasteiger charge is 2.24. The lowest BCUT2D eigenvalue weighted by atomic mass is 9.86. The van der Waals surface area contributed by atoms with Crippen molar-refractivity contribution in [3.8, 4) is 0 Å². The molecule has 98 valence electrons. The topological polar surface area (TPSA) is 64.3 Å². The maximum absolute atomic E-state index is 11.9. The molecule has 3 atom stereocenters. The molecular weight excluding hydrogens is 216 g/mol. The summed E-state index contributed by atoms with van der Waals surface area (Å²) in [5, 5.41) is 3.07. The molecule has 0 spiro atoms. The van der Waals surface area contributed by atoms with Gasteiger partial charge < -0.3 is 15.8 Å². The minimum absolute atomic E-state index is 0.0704. The van der Waals surface area contributed by atoms with E-state index < -0.39 is 0 Å². The molecule has 0 aromatic heterocycles. The average molecular weight is 240 g/mol. The van der Waals surface area contributed by atoms with E-state index in [-0.39, 0.29) is 11.8 Å². The Kier molecular flexibility index (Phi) is 4.80. The number of nitrogens with one attached hydrogen (secondary N) is 1. The third kappa shape index (κ3) is 3.96. The number of hydrogen-bond acceptors (Lipinski definition) is 3. The first-order valence-corrected chi connectivity index (χ1v) is 6.86. The van der Waals surface area contributed by atoms with Crippen LogP contribution < -0.4 is 11.1 Å². The smallest absolute Gasteiger partial charge is 0.225 e. The Morgan fingerprint density at radius 3 is 2.88 bits per heavy atom. The summed E-state index contributed by atoms with van der Waals surface area (Å²) >= 11 is 0. The van der Waals surface area contributed by atoms with Gasteiger partial charge in [0.15, 0.2) is 0 Å². The Morgan fingerprint density at radius 2 is 2.18 bits per heavy atom. The van der Waals surface area contributed by atoms with Gasteiger partial charge in [-0.05, 0) is 38.0 Å². The number of ether oxygens (including phenoxy) is 1. The third-order valence-electron chi connectivity index (χ3n) is 3.92. The summed E-state index contributed by atoms with van der Waals surface area (Å²) in [6.07, 6.45) is 6.58. The Bertz CT molecular complexity index is 252. The van der Waals surface area contributed by atoms with E-state index in [2.05, 4.69) is 5.32 Å². The van der Waals surface area contributed by atoms with E-state index in [4.69, 9.17) is 10.5 Å². The first kappa shape index (κ1) is 12.8. The van der Waals surface area contributed by atoms with E-state index in [9.17, 15) is 4.79 Å². The summed E-state index contributed by atoms with van der Waals surface area (Å²) in [7, 11) is 0. The lowest BCUT2D eigenvalue weighted by Gasteiger charge is -2.28. The van der Waals surface area contributed by atoms with Crippen LogP contribution in [0.15, 0.2) is 0 Å². The van der Waals surface area contributed by atoms with E-state index in [1.165, 1.54) is 12.8 Å². The molecule has 3 N–H and O–H groups in total. The van der Waals surface area contributed by atoms with Crippen LogP contribution in [0.1, 0.15) is 38.5 Å². The van der Waals surface area contributed by atoms with Gasteiger partial charge in [0, 0.05) is 19.2 Å². The molecule has 0 aromatic carbocycles. The predicted octanol–water partition coefficient (Wildman–Crippen LogP) is 1.05. The van der Waals surface area contributed by atoms with E-state index in [1.807, 2.05) is 0 Å². The number of hydrogen-bond donors (Lipinski definition) is 2. The van der Waals surface area contributed by atoms with Gasteiger partial charge in [0.25, 0.3) is 0 Å². The molecule has 2 aliphatic rings. The van der Waals surface area contributed by atoms with Crippen molar-refractivity contribution < 1.29 is 9.53 Å². The molecule has 3 unspecified atom stereocenters. The molecule has 2 fully saturated rings. The molecule has 0 aromatic rings. The minimum atomic E-state index is 0.0704. The first-order chi connectivity index (χ1) is 8.25. The molecule has 0 bridgehead atoms. The number of carbonyl (C=O) groups excluding carboxylic acids is 1. The molecule has 1 amide bonds. The van der Waals surface area contributed by atoms with Gasteiger partial charge >= 0.3 is 0 Å². The van der Waals surface area contributed by atoms with E-state index in [0.717, 1.165) is 38.8 Å². The van der Waals surface area contributed by atoms with Crippen LogP contribution in [0, 0.1) is 11.8 Å². The van der Waals surface area contributed by atoms with Crippen LogP contribution in [0.2, 0.25) is 0 Å². The summed E-state index contributed by atoms with van der Waals surface area (Å²) in [5.74, 6) is 0.817. The molecule has 17 heavy (non-hydrogen) atoms. The number of amides is 1. The number of rotatable bonds is 3. The predicted molar refractivity (Wildman–Crippen MR) is 66.5 cm³/mol. The van der Waals surface area contributed by atoms with Gasteiger partial charge in [0.2, 0.25) is 5.91 Å². The fourth-order valence-electron chi connectivity index (χ4n) is 2.85. The molecule has 4 nitrogen and oxygen atoms in total. The Labute approximate surface area is 103 Å². The van der Waals surface area contributed by atoms with Crippen molar-refractivity contribution >= 4 is 5.91 Å². The Hall–Kier alpha value is -0.610. The summed E-state index contributed by atoms with van der Waals surface area (Å²) in [4.78, 5) is 11.9. The van der Waals surface area contributed by atoms with Gasteiger partial charge in [-0.25, -0.2) is 0 Å². The van der Waals surface area contributed by atoms with Crippen LogP contribution in [0.3, 0.4) is 0 Å². The van der Waals surface area contributed by atoms with Crippen LogP contribution in [0.5, 0.6) is 0 Å². The van der Waals surface area contributed by atoms with Gasteiger partial charge in [0.05, 0.1) is 12.5 Å². The van der Waals surface area contributed by atoms with E-state index >= 15 is 0 Å². The van der Waals surface area contributed by atoms with Crippen molar-refractivity contribution in [2.45, 2.75) is 44.6 Å². The van der Waals surface area contributed by atoms with Gasteiger partial charge in [-0.2, -0.15) is 0 Å². The second kappa shape index (κ2) is 6.36. The molecule has 4 heteroatoms. The Balaban J connectivity index is 1.68. The highest BCUT2D eigenvalue weighted by Crippen LogP contribution is 2.22. The standard InChI is InChI=1S/C13H24N2O2/c14-12-5-1-3-10(7-12)8-15-13(16)11-4-2-6-17-9-11/h10-12H,1-9,14H2,(H,15,16). The largest absolute Gasteiger partial charge is 0.381 e. The van der Waals surface area contributed by atoms with Gasteiger partial charge in [-0.1, -0.05) is 6.42 Å². The number of nitrogens with two attached hydrogens (primary N) is 1. The van der Waals surface area contributed by atoms with Crippen LogP contribution >= 0.6 is 0 Å². The van der Waals surface area contributed by atoms with Gasteiger partial charge in [-0.3, -0.25) is 4.79 Å². The fraction of sp³-hybridized carbons (Fsp3) is 0.923. The second-order valence-corrected chi connectivity index (χ2v) is 5.45. The quantitative estimate of drug-likeness (QED) is 0.775. The molecule has 1 saturated carbocycles. The van der Waals surface area contributed by atoms with Crippen LogP contribution in [-0.4, -0.2) is 31.7 Å². The Morgan fingerprint density at radius 1 is 1.29 bits per heavy atom. The maximum Gasteiger partial charge on any atom is 0.225 e. The highest BCUT2D eigenvalue weighted by molar-refractivity contribution is 5.78. The zero-order valence-electron chi connectivity index (χ0n) is 10.5. The fourth-order valence-corrected chi connectivity index (χ4v) is 2.85. The molecule has 1 heterocycles. The average Bonchev–Trinajstić information content (AvgIpc) is 2.37. The monoisotopic (exact) mass is 240 g/mol. The summed E-state index contributed by atoms with van der Waals surface area (Å²) in [5.41, 5.74) is 5.94. The van der Waals surface area contributed by atoms with Gasteiger partial charge in [-0.15, -0.1) is 0 Å². The highest BCUT2D eigenvalue weighted by atomic mass is 16.5. The maximum atomic E-state index is 11.9. The van der Waals surface area contributed by atoms with Crippen LogP contribution in [0.4, 0.5) is 0 Å². The molecule has 1 aliphatic heterocycles. The van der Waals surface area contributed by atoms with Crippen molar-refractivity contribution in [1.82, 2.24) is 5.32 Å². The van der Waals surface area contributed by atoms with Crippen molar-refractivity contribution in [1.29, 1.82) is 0 Å². The zero-order chi connectivity index (χ0) is 12.1. The summed E-state index contributed by atoms with van der Waals surface area (Å²) < 4.78 is 5.33. The van der Waals surface area contributed by atoms with E-state index in [1.54, 1.807) is 0 Å². The molecule has 1 saturated heterocycles.